The third-order valence-electron chi connectivity index (χ3n) is 5.92. The minimum Gasteiger partial charge on any atom is -0.477 e. The minimum absolute atomic E-state index is 0.219. The van der Waals surface area contributed by atoms with Crippen molar-refractivity contribution >= 4 is 23.2 Å². The van der Waals surface area contributed by atoms with E-state index < -0.39 is 5.97 Å². The van der Waals surface area contributed by atoms with Crippen molar-refractivity contribution in [2.24, 2.45) is 0 Å². The molecule has 4 rings (SSSR count). The molecule has 3 aromatic rings. The molecule has 1 aliphatic rings. The van der Waals surface area contributed by atoms with E-state index in [0.29, 0.717) is 17.4 Å². The number of aromatic carboxylic acids is 1. The molecule has 2 heterocycles. The topological polar surface area (TPSA) is 68.7 Å². The van der Waals surface area contributed by atoms with Crippen molar-refractivity contribution in [2.75, 3.05) is 36.4 Å². The summed E-state index contributed by atoms with van der Waals surface area (Å²) in [6.07, 6.45) is 1.68. The zero-order chi connectivity index (χ0) is 22.5. The van der Waals surface area contributed by atoms with Crippen molar-refractivity contribution in [1.82, 2.24) is 9.88 Å². The normalized spacial score (nSPS) is 14.5. The molecule has 6 heteroatoms. The van der Waals surface area contributed by atoms with Gasteiger partial charge < -0.3 is 15.3 Å². The van der Waals surface area contributed by atoms with Gasteiger partial charge in [-0.1, -0.05) is 56.3 Å². The van der Waals surface area contributed by atoms with E-state index in [2.05, 4.69) is 70.3 Å². The van der Waals surface area contributed by atoms with Crippen LogP contribution >= 0.6 is 0 Å². The molecule has 0 amide bonds. The molecule has 0 atom stereocenters. The van der Waals surface area contributed by atoms with Crippen LogP contribution in [0, 0.1) is 0 Å². The number of hydrogen-bond acceptors (Lipinski definition) is 5. The number of carboxylic acid groups (broad SMARTS) is 1. The standard InChI is InChI=1S/C26H30N4O2/c1-19(2)21-8-10-22(11-9-21)28-23-12-13-27-25(24(23)26(31)32)30-16-14-29(15-17-30)18-20-6-4-3-5-7-20/h3-13,19H,14-18H2,1-2H3,(H,27,28)(H,31,32). The van der Waals surface area contributed by atoms with Gasteiger partial charge in [-0.2, -0.15) is 0 Å². The Morgan fingerprint density at radius 1 is 1.00 bits per heavy atom. The van der Waals surface area contributed by atoms with Crippen molar-refractivity contribution in [3.63, 3.8) is 0 Å². The van der Waals surface area contributed by atoms with Gasteiger partial charge in [-0.05, 0) is 35.2 Å². The Bertz CT molecular complexity index is 1040. The van der Waals surface area contributed by atoms with Gasteiger partial charge in [0.05, 0.1) is 5.69 Å². The van der Waals surface area contributed by atoms with Crippen molar-refractivity contribution in [3.8, 4) is 0 Å². The van der Waals surface area contributed by atoms with Gasteiger partial charge in [0.25, 0.3) is 0 Å². The number of pyridine rings is 1. The van der Waals surface area contributed by atoms with Crippen molar-refractivity contribution in [2.45, 2.75) is 26.3 Å². The fraction of sp³-hybridized carbons (Fsp3) is 0.308. The van der Waals surface area contributed by atoms with E-state index in [1.54, 1.807) is 12.3 Å². The maximum absolute atomic E-state index is 12.2. The minimum atomic E-state index is -0.971. The van der Waals surface area contributed by atoms with Crippen LogP contribution in [0.3, 0.4) is 0 Å². The van der Waals surface area contributed by atoms with Crippen LogP contribution < -0.4 is 10.2 Å². The van der Waals surface area contributed by atoms with Crippen molar-refractivity contribution < 1.29 is 9.90 Å². The average Bonchev–Trinajstić information content (AvgIpc) is 2.80. The zero-order valence-electron chi connectivity index (χ0n) is 18.7. The highest BCUT2D eigenvalue weighted by atomic mass is 16.4. The van der Waals surface area contributed by atoms with E-state index in [1.807, 2.05) is 18.2 Å². The van der Waals surface area contributed by atoms with Crippen LogP contribution in [0.15, 0.2) is 66.9 Å². The van der Waals surface area contributed by atoms with Crippen molar-refractivity contribution in [3.05, 3.63) is 83.6 Å². The predicted molar refractivity (Wildman–Crippen MR) is 129 cm³/mol. The summed E-state index contributed by atoms with van der Waals surface area (Å²) in [5.41, 5.74) is 4.18. The molecule has 1 saturated heterocycles. The highest BCUT2D eigenvalue weighted by Gasteiger charge is 2.25. The first-order valence-corrected chi connectivity index (χ1v) is 11.1. The number of aromatic nitrogens is 1. The van der Waals surface area contributed by atoms with E-state index in [-0.39, 0.29) is 5.56 Å². The number of carbonyl (C=O) groups is 1. The molecule has 0 aliphatic carbocycles. The SMILES string of the molecule is CC(C)c1ccc(Nc2ccnc(N3CCN(Cc4ccccc4)CC3)c2C(=O)O)cc1. The Labute approximate surface area is 189 Å². The summed E-state index contributed by atoms with van der Waals surface area (Å²) in [6.45, 7) is 8.43. The van der Waals surface area contributed by atoms with Crippen LogP contribution in [0.25, 0.3) is 0 Å². The zero-order valence-corrected chi connectivity index (χ0v) is 18.7. The van der Waals surface area contributed by atoms with E-state index in [0.717, 1.165) is 38.4 Å². The maximum Gasteiger partial charge on any atom is 0.341 e. The number of piperazine rings is 1. The number of nitrogens with one attached hydrogen (secondary N) is 1. The highest BCUT2D eigenvalue weighted by Crippen LogP contribution is 2.29. The summed E-state index contributed by atoms with van der Waals surface area (Å²) in [5, 5.41) is 13.3. The number of nitrogens with zero attached hydrogens (tertiary/aromatic N) is 3. The second kappa shape index (κ2) is 9.83. The van der Waals surface area contributed by atoms with E-state index in [4.69, 9.17) is 0 Å². The second-order valence-corrected chi connectivity index (χ2v) is 8.51. The summed E-state index contributed by atoms with van der Waals surface area (Å²) in [5.74, 6) is 0.00786. The lowest BCUT2D eigenvalue weighted by atomic mass is 10.0. The Morgan fingerprint density at radius 2 is 1.69 bits per heavy atom. The lowest BCUT2D eigenvalue weighted by molar-refractivity contribution is 0.0698. The van der Waals surface area contributed by atoms with Gasteiger partial charge in [-0.3, -0.25) is 4.90 Å². The summed E-state index contributed by atoms with van der Waals surface area (Å²) >= 11 is 0. The summed E-state index contributed by atoms with van der Waals surface area (Å²) < 4.78 is 0. The first kappa shape index (κ1) is 21.8. The number of rotatable bonds is 7. The number of hydrogen-bond donors (Lipinski definition) is 2. The number of carboxylic acids is 1. The number of anilines is 3. The summed E-state index contributed by atoms with van der Waals surface area (Å²) in [6, 6.07) is 20.3. The van der Waals surface area contributed by atoms with E-state index in [9.17, 15) is 9.90 Å². The van der Waals surface area contributed by atoms with Crippen LogP contribution in [0.2, 0.25) is 0 Å². The Hall–Kier alpha value is -3.38. The fourth-order valence-corrected chi connectivity index (χ4v) is 4.07. The quantitative estimate of drug-likeness (QED) is 0.552. The molecule has 1 aromatic heterocycles. The molecule has 32 heavy (non-hydrogen) atoms. The molecule has 0 spiro atoms. The Kier molecular flexibility index (Phi) is 6.71. The smallest absolute Gasteiger partial charge is 0.341 e. The lowest BCUT2D eigenvalue weighted by Gasteiger charge is -2.36. The maximum atomic E-state index is 12.2. The van der Waals surface area contributed by atoms with E-state index in [1.165, 1.54) is 11.1 Å². The van der Waals surface area contributed by atoms with Gasteiger partial charge in [0, 0.05) is 44.6 Å². The molecule has 166 valence electrons. The molecular weight excluding hydrogens is 400 g/mol. The Morgan fingerprint density at radius 3 is 2.31 bits per heavy atom. The van der Waals surface area contributed by atoms with Crippen molar-refractivity contribution in [1.29, 1.82) is 0 Å². The van der Waals surface area contributed by atoms with Crippen LogP contribution in [-0.2, 0) is 6.54 Å². The van der Waals surface area contributed by atoms with Gasteiger partial charge in [-0.15, -0.1) is 0 Å². The molecule has 1 fully saturated rings. The molecule has 0 unspecified atom stereocenters. The average molecular weight is 431 g/mol. The molecule has 6 nitrogen and oxygen atoms in total. The van der Waals surface area contributed by atoms with Gasteiger partial charge in [0.1, 0.15) is 11.4 Å². The van der Waals surface area contributed by atoms with Crippen LogP contribution in [0.5, 0.6) is 0 Å². The monoisotopic (exact) mass is 430 g/mol. The molecule has 1 aliphatic heterocycles. The van der Waals surface area contributed by atoms with Gasteiger partial charge >= 0.3 is 5.97 Å². The molecule has 2 N–H and O–H groups in total. The molecule has 0 radical (unpaired) electrons. The third kappa shape index (κ3) is 5.08. The Balaban J connectivity index is 1.49. The third-order valence-corrected chi connectivity index (χ3v) is 5.92. The fourth-order valence-electron chi connectivity index (χ4n) is 4.07. The molecule has 0 bridgehead atoms. The van der Waals surface area contributed by atoms with Gasteiger partial charge in [0.2, 0.25) is 0 Å². The van der Waals surface area contributed by atoms with Crippen LogP contribution in [0.4, 0.5) is 17.2 Å². The lowest BCUT2D eigenvalue weighted by Crippen LogP contribution is -2.46. The predicted octanol–water partition coefficient (Wildman–Crippen LogP) is 4.97. The largest absolute Gasteiger partial charge is 0.477 e. The van der Waals surface area contributed by atoms with Crippen LogP contribution in [0.1, 0.15) is 41.3 Å². The second-order valence-electron chi connectivity index (χ2n) is 8.51. The molecule has 0 saturated carbocycles. The van der Waals surface area contributed by atoms with Crippen LogP contribution in [-0.4, -0.2) is 47.1 Å². The first-order valence-electron chi connectivity index (χ1n) is 11.1. The van der Waals surface area contributed by atoms with E-state index >= 15 is 0 Å². The van der Waals surface area contributed by atoms with Gasteiger partial charge in [0.15, 0.2) is 0 Å². The summed E-state index contributed by atoms with van der Waals surface area (Å²) in [4.78, 5) is 21.1. The summed E-state index contributed by atoms with van der Waals surface area (Å²) in [7, 11) is 0. The molecule has 2 aromatic carbocycles. The molecular formula is C26H30N4O2. The van der Waals surface area contributed by atoms with Gasteiger partial charge in [-0.25, -0.2) is 9.78 Å². The first-order chi connectivity index (χ1) is 15.5. The highest BCUT2D eigenvalue weighted by molar-refractivity contribution is 6.00. The number of benzene rings is 2.